The molecule has 4 N–H and O–H groups in total. The van der Waals surface area contributed by atoms with Crippen LogP contribution in [0.1, 0.15) is 47.1 Å². The number of nitrogens with two attached hydrogens (primary N) is 1. The number of hydrogen-bond acceptors (Lipinski definition) is 9. The summed E-state index contributed by atoms with van der Waals surface area (Å²) in [6, 6.07) is 6.13. The molecule has 1 aliphatic carbocycles. The third kappa shape index (κ3) is 3.82. The van der Waals surface area contributed by atoms with Crippen LogP contribution in [-0.4, -0.2) is 49.7 Å². The number of H-pyrrole nitrogens is 1. The summed E-state index contributed by atoms with van der Waals surface area (Å²) in [5.74, 6) is 0.764. The first-order valence-corrected chi connectivity index (χ1v) is 13.6. The molecule has 4 aromatic rings. The number of nitrogens with zero attached hydrogens (tertiary/aromatic N) is 5. The number of piperidine rings is 1. The number of anilines is 1. The summed E-state index contributed by atoms with van der Waals surface area (Å²) in [7, 11) is 0. The van der Waals surface area contributed by atoms with Gasteiger partial charge in [-0.15, -0.1) is 0 Å². The van der Waals surface area contributed by atoms with E-state index in [1.165, 1.54) is 11.1 Å². The molecule has 0 aromatic carbocycles. The third-order valence-corrected chi connectivity index (χ3v) is 9.22. The summed E-state index contributed by atoms with van der Waals surface area (Å²) < 4.78 is 5.61. The molecule has 1 saturated heterocycles. The number of aromatic amines is 1. The first-order chi connectivity index (χ1) is 18.1. The maximum atomic E-state index is 10.2. The van der Waals surface area contributed by atoms with E-state index in [1.807, 2.05) is 30.7 Å². The van der Waals surface area contributed by atoms with Gasteiger partial charge in [-0.3, -0.25) is 4.98 Å². The highest BCUT2D eigenvalue weighted by atomic mass is 32.2. The van der Waals surface area contributed by atoms with Gasteiger partial charge in [0.15, 0.2) is 5.82 Å². The largest absolute Gasteiger partial charge is 0.390 e. The van der Waals surface area contributed by atoms with Crippen LogP contribution in [0.3, 0.4) is 0 Å². The van der Waals surface area contributed by atoms with Gasteiger partial charge in [-0.1, -0.05) is 17.8 Å². The van der Waals surface area contributed by atoms with Crippen LogP contribution in [-0.2, 0) is 30.8 Å². The summed E-state index contributed by atoms with van der Waals surface area (Å²) in [6.07, 6.45) is 9.21. The Bertz CT molecular complexity index is 1480. The Balaban J connectivity index is 1.12. The summed E-state index contributed by atoms with van der Waals surface area (Å²) in [6.45, 7) is 2.81. The van der Waals surface area contributed by atoms with Crippen LogP contribution < -0.4 is 10.6 Å². The number of aromatic nitrogens is 5. The van der Waals surface area contributed by atoms with E-state index in [0.717, 1.165) is 76.9 Å². The van der Waals surface area contributed by atoms with E-state index in [1.54, 1.807) is 11.8 Å². The van der Waals surface area contributed by atoms with Gasteiger partial charge in [0.1, 0.15) is 16.4 Å². The molecule has 6 heterocycles. The third-order valence-electron chi connectivity index (χ3n) is 8.25. The van der Waals surface area contributed by atoms with Gasteiger partial charge in [0.05, 0.1) is 26.0 Å². The van der Waals surface area contributed by atoms with Crippen LogP contribution in [0.15, 0.2) is 46.7 Å². The first kappa shape index (κ1) is 23.1. The van der Waals surface area contributed by atoms with Gasteiger partial charge in [-0.25, -0.2) is 15.0 Å². The van der Waals surface area contributed by atoms with E-state index in [-0.39, 0.29) is 18.1 Å². The zero-order valence-corrected chi connectivity index (χ0v) is 21.3. The lowest BCUT2D eigenvalue weighted by atomic mass is 9.73. The number of pyridine rings is 2. The molecule has 1 fully saturated rings. The second-order valence-electron chi connectivity index (χ2n) is 10.2. The van der Waals surface area contributed by atoms with Crippen molar-refractivity contribution in [2.75, 3.05) is 24.6 Å². The van der Waals surface area contributed by atoms with Crippen LogP contribution >= 0.6 is 11.8 Å². The molecule has 10 heteroatoms. The molecule has 0 saturated carbocycles. The molecule has 37 heavy (non-hydrogen) atoms. The van der Waals surface area contributed by atoms with Crippen molar-refractivity contribution in [2.24, 2.45) is 11.1 Å². The fourth-order valence-corrected chi connectivity index (χ4v) is 7.21. The predicted octanol–water partition coefficient (Wildman–Crippen LogP) is 3.31. The molecule has 7 rings (SSSR count). The lowest BCUT2D eigenvalue weighted by Gasteiger charge is -2.42. The first-order valence-electron chi connectivity index (χ1n) is 12.8. The van der Waals surface area contributed by atoms with Crippen LogP contribution in [0.5, 0.6) is 0 Å². The highest BCUT2D eigenvalue weighted by Gasteiger charge is 2.46. The Labute approximate surface area is 218 Å². The average Bonchev–Trinajstić information content (AvgIpc) is 3.45. The number of aliphatic hydroxyl groups excluding tert-OH is 1. The minimum atomic E-state index is -0.157. The highest BCUT2D eigenvalue weighted by molar-refractivity contribution is 7.99. The number of aliphatic hydroxyl groups is 1. The predicted molar refractivity (Wildman–Crippen MR) is 140 cm³/mol. The highest BCUT2D eigenvalue weighted by Crippen LogP contribution is 2.50. The zero-order chi connectivity index (χ0) is 25.0. The minimum Gasteiger partial charge on any atom is -0.390 e. The lowest BCUT2D eigenvalue weighted by molar-refractivity contribution is 0.109. The van der Waals surface area contributed by atoms with E-state index in [2.05, 4.69) is 25.9 Å². The van der Waals surface area contributed by atoms with Crippen molar-refractivity contribution in [1.29, 1.82) is 0 Å². The fourth-order valence-electron chi connectivity index (χ4n) is 6.27. The number of fused-ring (bicyclic) bond motifs is 4. The van der Waals surface area contributed by atoms with Gasteiger partial charge in [0, 0.05) is 53.2 Å². The molecule has 1 atom stereocenters. The second-order valence-corrected chi connectivity index (χ2v) is 11.3. The number of nitrogens with one attached hydrogen (secondary N) is 1. The van der Waals surface area contributed by atoms with Gasteiger partial charge in [0.2, 0.25) is 0 Å². The molecule has 0 radical (unpaired) electrons. The molecule has 1 spiro atoms. The minimum absolute atomic E-state index is 0.0171. The monoisotopic (exact) mass is 515 g/mol. The number of hydrogen-bond donors (Lipinski definition) is 3. The fraction of sp³-hybridized carbons (Fsp3) is 0.407. The second kappa shape index (κ2) is 9.05. The molecule has 3 aliphatic rings. The SMILES string of the molecule is N[C@@H]1c2cccnc2CC12CCN(c1ncc(Sc3ccnc4[nH]c5c(c34)CCOC5)nc1CO)CC2. The van der Waals surface area contributed by atoms with E-state index in [0.29, 0.717) is 18.9 Å². The zero-order valence-electron chi connectivity index (χ0n) is 20.5. The summed E-state index contributed by atoms with van der Waals surface area (Å²) in [5.41, 5.74) is 12.9. The summed E-state index contributed by atoms with van der Waals surface area (Å²) in [5, 5.41) is 12.1. The van der Waals surface area contributed by atoms with Crippen LogP contribution in [0.25, 0.3) is 11.0 Å². The Morgan fingerprint density at radius 1 is 1.19 bits per heavy atom. The smallest absolute Gasteiger partial charge is 0.152 e. The van der Waals surface area contributed by atoms with Crippen molar-refractivity contribution < 1.29 is 9.84 Å². The van der Waals surface area contributed by atoms with Crippen LogP contribution in [0.2, 0.25) is 0 Å². The van der Waals surface area contributed by atoms with Gasteiger partial charge in [-0.05, 0) is 54.4 Å². The molecular weight excluding hydrogens is 486 g/mol. The van der Waals surface area contributed by atoms with E-state index in [4.69, 9.17) is 20.4 Å². The molecule has 190 valence electrons. The van der Waals surface area contributed by atoms with Crippen LogP contribution in [0, 0.1) is 5.41 Å². The molecule has 0 unspecified atom stereocenters. The van der Waals surface area contributed by atoms with Crippen LogP contribution in [0.4, 0.5) is 5.82 Å². The number of ether oxygens (including phenoxy) is 1. The quantitative estimate of drug-likeness (QED) is 0.375. The average molecular weight is 516 g/mol. The topological polar surface area (TPSA) is 126 Å². The Hall–Kier alpha value is -3.05. The van der Waals surface area contributed by atoms with Gasteiger partial charge in [-0.2, -0.15) is 0 Å². The van der Waals surface area contributed by atoms with Crippen molar-refractivity contribution >= 4 is 28.6 Å². The molecule has 2 aliphatic heterocycles. The number of rotatable bonds is 4. The molecule has 0 bridgehead atoms. The Morgan fingerprint density at radius 2 is 2.08 bits per heavy atom. The van der Waals surface area contributed by atoms with Crippen molar-refractivity contribution in [3.63, 3.8) is 0 Å². The van der Waals surface area contributed by atoms with Gasteiger partial charge >= 0.3 is 0 Å². The summed E-state index contributed by atoms with van der Waals surface area (Å²) in [4.78, 5) is 25.5. The summed E-state index contributed by atoms with van der Waals surface area (Å²) >= 11 is 1.56. The molecule has 4 aromatic heterocycles. The molecular formula is C27H29N7O2S. The van der Waals surface area contributed by atoms with E-state index in [9.17, 15) is 5.11 Å². The lowest BCUT2D eigenvalue weighted by Crippen LogP contribution is -2.45. The standard InChI is InChI=1S/C27H29N7O2S/c28-24-17-2-1-7-29-18(17)12-27(24)5-9-34(10-6-27)26-19(14-35)32-22(13-31-26)37-21-3-8-30-25-23(21)16-4-11-36-15-20(16)33-25/h1-3,7-8,13,24,35H,4-6,9-12,14-15,28H2,(H,30,33)/t24-/m1/s1. The Kier molecular flexibility index (Phi) is 5.65. The van der Waals surface area contributed by atoms with E-state index >= 15 is 0 Å². The van der Waals surface area contributed by atoms with Crippen molar-refractivity contribution in [2.45, 2.75) is 54.9 Å². The van der Waals surface area contributed by atoms with Gasteiger partial charge in [0.25, 0.3) is 0 Å². The maximum Gasteiger partial charge on any atom is 0.152 e. The molecule has 0 amide bonds. The normalized spacial score (nSPS) is 20.4. The maximum absolute atomic E-state index is 10.2. The van der Waals surface area contributed by atoms with Crippen molar-refractivity contribution in [3.05, 3.63) is 65.0 Å². The van der Waals surface area contributed by atoms with Crippen molar-refractivity contribution in [3.8, 4) is 0 Å². The van der Waals surface area contributed by atoms with Crippen molar-refractivity contribution in [1.82, 2.24) is 24.9 Å². The van der Waals surface area contributed by atoms with Gasteiger partial charge < -0.3 is 25.5 Å². The van der Waals surface area contributed by atoms with E-state index < -0.39 is 0 Å². The Morgan fingerprint density at radius 3 is 2.92 bits per heavy atom. The molecule has 9 nitrogen and oxygen atoms in total.